The molecule has 0 aliphatic rings. The second kappa shape index (κ2) is 3.90. The molecule has 0 saturated carbocycles. The van der Waals surface area contributed by atoms with Gasteiger partial charge in [0, 0.05) is 0 Å². The van der Waals surface area contributed by atoms with Gasteiger partial charge in [-0.15, -0.1) is 9.94 Å². The molecule has 1 aromatic heterocycles. The van der Waals surface area contributed by atoms with E-state index in [0.29, 0.717) is 15.8 Å². The van der Waals surface area contributed by atoms with E-state index in [1.165, 1.54) is 4.85 Å². The molecule has 14 heavy (non-hydrogen) atoms. The third-order valence-corrected chi connectivity index (χ3v) is 2.39. The number of hydrogen-bond donors (Lipinski definition) is 0. The Morgan fingerprint density at radius 2 is 2.07 bits per heavy atom. The first-order valence-corrected chi connectivity index (χ1v) is 4.65. The summed E-state index contributed by atoms with van der Waals surface area (Å²) in [5, 5.41) is 4.71. The standard InChI is InChI=1S/C9H6Cl2N2O/c10-7-3-1-4-8(9(7)11)14-13-6-2-5-12-13/h1-6H. The predicted octanol–water partition coefficient (Wildman–Crippen LogP) is 3.03. The predicted molar refractivity (Wildman–Crippen MR) is 54.7 cm³/mol. The van der Waals surface area contributed by atoms with Gasteiger partial charge in [-0.1, -0.05) is 29.3 Å². The van der Waals surface area contributed by atoms with Gasteiger partial charge < -0.3 is 4.84 Å². The van der Waals surface area contributed by atoms with Gasteiger partial charge >= 0.3 is 0 Å². The summed E-state index contributed by atoms with van der Waals surface area (Å²) in [4.78, 5) is 6.62. The van der Waals surface area contributed by atoms with Gasteiger partial charge in [0.05, 0.1) is 17.4 Å². The van der Waals surface area contributed by atoms with Crippen molar-refractivity contribution in [1.82, 2.24) is 9.94 Å². The Hall–Kier alpha value is -1.19. The normalized spacial score (nSPS) is 10.1. The molecule has 0 N–H and O–H groups in total. The van der Waals surface area contributed by atoms with Crippen molar-refractivity contribution in [2.75, 3.05) is 0 Å². The summed E-state index contributed by atoms with van der Waals surface area (Å²) in [7, 11) is 0. The second-order valence-corrected chi connectivity index (χ2v) is 3.34. The Bertz CT molecular complexity index is 428. The highest BCUT2D eigenvalue weighted by atomic mass is 35.5. The molecule has 0 atom stereocenters. The Labute approximate surface area is 90.8 Å². The van der Waals surface area contributed by atoms with Gasteiger partial charge in [-0.2, -0.15) is 0 Å². The van der Waals surface area contributed by atoms with Gasteiger partial charge in [-0.05, 0) is 18.2 Å². The molecule has 72 valence electrons. The molecule has 1 aromatic carbocycles. The van der Waals surface area contributed by atoms with Gasteiger partial charge in [0.25, 0.3) is 0 Å². The van der Waals surface area contributed by atoms with Crippen molar-refractivity contribution in [3.05, 3.63) is 46.7 Å². The smallest absolute Gasteiger partial charge is 0.177 e. The molecule has 0 bridgehead atoms. The minimum Gasteiger partial charge on any atom is -0.356 e. The fourth-order valence-electron chi connectivity index (χ4n) is 0.964. The van der Waals surface area contributed by atoms with E-state index < -0.39 is 0 Å². The van der Waals surface area contributed by atoms with E-state index in [4.69, 9.17) is 28.0 Å². The maximum atomic E-state index is 5.91. The van der Waals surface area contributed by atoms with Crippen LogP contribution >= 0.6 is 23.2 Å². The van der Waals surface area contributed by atoms with E-state index in [0.717, 1.165) is 0 Å². The molecule has 0 aliphatic heterocycles. The highest BCUT2D eigenvalue weighted by Gasteiger charge is 2.06. The van der Waals surface area contributed by atoms with Crippen LogP contribution < -0.4 is 4.84 Å². The average molecular weight is 229 g/mol. The van der Waals surface area contributed by atoms with Crippen LogP contribution in [0.2, 0.25) is 10.0 Å². The van der Waals surface area contributed by atoms with Crippen LogP contribution in [0.3, 0.4) is 0 Å². The summed E-state index contributed by atoms with van der Waals surface area (Å²) < 4.78 is 0. The van der Waals surface area contributed by atoms with E-state index in [-0.39, 0.29) is 0 Å². The summed E-state index contributed by atoms with van der Waals surface area (Å²) in [6, 6.07) is 6.92. The number of benzene rings is 1. The highest BCUT2D eigenvalue weighted by molar-refractivity contribution is 6.42. The number of nitrogens with zero attached hydrogens (tertiary/aromatic N) is 2. The van der Waals surface area contributed by atoms with Crippen molar-refractivity contribution >= 4 is 23.2 Å². The Morgan fingerprint density at radius 1 is 1.21 bits per heavy atom. The van der Waals surface area contributed by atoms with Crippen molar-refractivity contribution < 1.29 is 4.84 Å². The van der Waals surface area contributed by atoms with E-state index in [1.807, 2.05) is 0 Å². The Morgan fingerprint density at radius 3 is 2.79 bits per heavy atom. The number of halogens is 2. The summed E-state index contributed by atoms with van der Waals surface area (Å²) in [6.45, 7) is 0. The maximum Gasteiger partial charge on any atom is 0.177 e. The van der Waals surface area contributed by atoms with Crippen molar-refractivity contribution in [2.45, 2.75) is 0 Å². The molecule has 2 aromatic rings. The van der Waals surface area contributed by atoms with Crippen LogP contribution in [0, 0.1) is 0 Å². The van der Waals surface area contributed by atoms with Gasteiger partial charge in [-0.3, -0.25) is 0 Å². The van der Waals surface area contributed by atoms with Crippen molar-refractivity contribution in [3.63, 3.8) is 0 Å². The van der Waals surface area contributed by atoms with E-state index >= 15 is 0 Å². The van der Waals surface area contributed by atoms with Gasteiger partial charge in [0.1, 0.15) is 5.02 Å². The molecule has 3 nitrogen and oxygen atoms in total. The van der Waals surface area contributed by atoms with Crippen LogP contribution in [0.25, 0.3) is 0 Å². The molecular formula is C9H6Cl2N2O. The Kier molecular flexibility index (Phi) is 2.61. The third-order valence-electron chi connectivity index (χ3n) is 1.59. The van der Waals surface area contributed by atoms with Crippen LogP contribution in [0.4, 0.5) is 0 Å². The molecule has 0 fully saturated rings. The lowest BCUT2D eigenvalue weighted by atomic mass is 10.3. The summed E-state index contributed by atoms with van der Waals surface area (Å²) in [5.41, 5.74) is 0. The third kappa shape index (κ3) is 1.84. The molecule has 0 unspecified atom stereocenters. The zero-order valence-electron chi connectivity index (χ0n) is 7.02. The molecule has 0 spiro atoms. The van der Waals surface area contributed by atoms with Crippen LogP contribution in [-0.2, 0) is 0 Å². The van der Waals surface area contributed by atoms with E-state index in [9.17, 15) is 0 Å². The monoisotopic (exact) mass is 228 g/mol. The zero-order valence-corrected chi connectivity index (χ0v) is 8.53. The van der Waals surface area contributed by atoms with E-state index in [1.54, 1.807) is 36.7 Å². The van der Waals surface area contributed by atoms with Crippen LogP contribution in [0.1, 0.15) is 0 Å². The first-order valence-electron chi connectivity index (χ1n) is 3.89. The molecule has 0 radical (unpaired) electrons. The lowest BCUT2D eigenvalue weighted by Crippen LogP contribution is -2.05. The quantitative estimate of drug-likeness (QED) is 0.791. The largest absolute Gasteiger partial charge is 0.356 e. The number of hydrogen-bond acceptors (Lipinski definition) is 2. The summed E-state index contributed by atoms with van der Waals surface area (Å²) in [5.74, 6) is 0.475. The first-order chi connectivity index (χ1) is 6.77. The Balaban J connectivity index is 2.29. The summed E-state index contributed by atoms with van der Waals surface area (Å²) in [6.07, 6.45) is 3.27. The fraction of sp³-hybridized carbons (Fsp3) is 0. The van der Waals surface area contributed by atoms with Crippen molar-refractivity contribution in [3.8, 4) is 5.75 Å². The van der Waals surface area contributed by atoms with Crippen molar-refractivity contribution in [2.24, 2.45) is 0 Å². The minimum absolute atomic E-state index is 0.379. The van der Waals surface area contributed by atoms with Crippen molar-refractivity contribution in [1.29, 1.82) is 0 Å². The maximum absolute atomic E-state index is 5.91. The first kappa shape index (κ1) is 9.37. The molecule has 0 saturated heterocycles. The van der Waals surface area contributed by atoms with Gasteiger partial charge in [-0.25, -0.2) is 0 Å². The van der Waals surface area contributed by atoms with E-state index in [2.05, 4.69) is 5.10 Å². The second-order valence-electron chi connectivity index (χ2n) is 2.55. The van der Waals surface area contributed by atoms with Crippen LogP contribution in [-0.4, -0.2) is 9.94 Å². The number of rotatable bonds is 2. The van der Waals surface area contributed by atoms with Crippen LogP contribution in [0.5, 0.6) is 5.75 Å². The number of aromatic nitrogens is 2. The lowest BCUT2D eigenvalue weighted by molar-refractivity contribution is 0.179. The molecular weight excluding hydrogens is 223 g/mol. The van der Waals surface area contributed by atoms with Gasteiger partial charge in [0.2, 0.25) is 0 Å². The SMILES string of the molecule is Clc1cccc(On2cccn2)c1Cl. The molecule has 0 amide bonds. The van der Waals surface area contributed by atoms with Crippen LogP contribution in [0.15, 0.2) is 36.7 Å². The molecule has 1 heterocycles. The average Bonchev–Trinajstić information content (AvgIpc) is 2.66. The topological polar surface area (TPSA) is 27.1 Å². The minimum atomic E-state index is 0.379. The summed E-state index contributed by atoms with van der Waals surface area (Å²) >= 11 is 11.7. The molecule has 0 aliphatic carbocycles. The zero-order chi connectivity index (χ0) is 9.97. The molecule has 2 rings (SSSR count). The lowest BCUT2D eigenvalue weighted by Gasteiger charge is -2.06. The fourth-order valence-corrected chi connectivity index (χ4v) is 1.29. The molecule has 5 heteroatoms. The van der Waals surface area contributed by atoms with Gasteiger partial charge in [0.15, 0.2) is 5.75 Å². The highest BCUT2D eigenvalue weighted by Crippen LogP contribution is 2.31.